The van der Waals surface area contributed by atoms with E-state index in [-0.39, 0.29) is 11.7 Å². The first-order valence-electron chi connectivity index (χ1n) is 6.39. The minimum Gasteiger partial charge on any atom is -0.480 e. The van der Waals surface area contributed by atoms with Crippen molar-refractivity contribution < 1.29 is 14.7 Å². The van der Waals surface area contributed by atoms with Crippen LogP contribution in [0.1, 0.15) is 6.92 Å². The summed E-state index contributed by atoms with van der Waals surface area (Å²) in [4.78, 5) is 22.9. The van der Waals surface area contributed by atoms with Gasteiger partial charge in [0.1, 0.15) is 6.04 Å². The molecule has 2 aromatic rings. The number of carbonyl (C=O) groups is 2. The Hall–Kier alpha value is -2.21. The van der Waals surface area contributed by atoms with E-state index in [0.29, 0.717) is 5.69 Å². The zero-order valence-corrected chi connectivity index (χ0v) is 12.3. The maximum Gasteiger partial charge on any atom is 0.327 e. The number of anilines is 1. The molecule has 0 aromatic heterocycles. The molecule has 0 aliphatic rings. The Morgan fingerprint density at radius 1 is 1.29 bits per heavy atom. The predicted molar refractivity (Wildman–Crippen MR) is 84.3 cm³/mol. The third-order valence-electron chi connectivity index (χ3n) is 3.01. The molecule has 4 N–H and O–H groups in total. The number of benzene rings is 2. The van der Waals surface area contributed by atoms with Gasteiger partial charge in [0.05, 0.1) is 5.69 Å². The molecule has 1 atom stereocenters. The number of amides is 1. The molecule has 2 aromatic carbocycles. The molecule has 2 rings (SSSR count). The van der Waals surface area contributed by atoms with Crippen LogP contribution >= 0.6 is 11.8 Å². The SMILES string of the molecule is CC(=O)N[C@@H](CSc1ccc2ccccc2c1N)C(=O)O. The number of carboxylic acid groups (broad SMARTS) is 1. The number of nitrogen functional groups attached to an aromatic ring is 1. The Morgan fingerprint density at radius 3 is 2.67 bits per heavy atom. The van der Waals surface area contributed by atoms with Crippen LogP contribution < -0.4 is 11.1 Å². The molecule has 0 saturated carbocycles. The van der Waals surface area contributed by atoms with Gasteiger partial charge in [-0.3, -0.25) is 4.79 Å². The van der Waals surface area contributed by atoms with Gasteiger partial charge in [0.25, 0.3) is 0 Å². The summed E-state index contributed by atoms with van der Waals surface area (Å²) in [6.45, 7) is 1.30. The van der Waals surface area contributed by atoms with Crippen LogP contribution in [0.15, 0.2) is 41.3 Å². The van der Waals surface area contributed by atoms with Crippen molar-refractivity contribution in [2.75, 3.05) is 11.5 Å². The third-order valence-corrected chi connectivity index (χ3v) is 4.18. The van der Waals surface area contributed by atoms with Crippen LogP contribution in [0.4, 0.5) is 5.69 Å². The first-order chi connectivity index (χ1) is 9.99. The third kappa shape index (κ3) is 3.66. The summed E-state index contributed by atoms with van der Waals surface area (Å²) in [7, 11) is 0. The molecule has 1 amide bonds. The highest BCUT2D eigenvalue weighted by Gasteiger charge is 2.19. The van der Waals surface area contributed by atoms with Crippen molar-refractivity contribution in [3.05, 3.63) is 36.4 Å². The number of nitrogens with two attached hydrogens (primary N) is 1. The van der Waals surface area contributed by atoms with Gasteiger partial charge in [-0.05, 0) is 11.5 Å². The summed E-state index contributed by atoms with van der Waals surface area (Å²) in [6, 6.07) is 10.6. The van der Waals surface area contributed by atoms with E-state index in [1.54, 1.807) is 0 Å². The van der Waals surface area contributed by atoms with E-state index in [0.717, 1.165) is 15.7 Å². The number of carboxylic acids is 1. The van der Waals surface area contributed by atoms with E-state index in [9.17, 15) is 9.59 Å². The monoisotopic (exact) mass is 304 g/mol. The second-order valence-corrected chi connectivity index (χ2v) is 5.66. The maximum absolute atomic E-state index is 11.1. The van der Waals surface area contributed by atoms with E-state index in [1.165, 1.54) is 18.7 Å². The summed E-state index contributed by atoms with van der Waals surface area (Å²) in [5, 5.41) is 13.5. The van der Waals surface area contributed by atoms with Gasteiger partial charge < -0.3 is 16.2 Å². The molecule has 110 valence electrons. The highest BCUT2D eigenvalue weighted by atomic mass is 32.2. The number of thioether (sulfide) groups is 1. The van der Waals surface area contributed by atoms with Crippen LogP contribution in [0.2, 0.25) is 0 Å². The standard InChI is InChI=1S/C15H16N2O3S/c1-9(18)17-12(15(19)20)8-21-13-7-6-10-4-2-3-5-11(10)14(13)16/h2-7,12H,8,16H2,1H3,(H,17,18)(H,19,20)/t12-/m0/s1. The van der Waals surface area contributed by atoms with Crippen molar-refractivity contribution in [2.45, 2.75) is 17.9 Å². The summed E-state index contributed by atoms with van der Waals surface area (Å²) >= 11 is 1.32. The molecule has 0 fully saturated rings. The number of nitrogens with one attached hydrogen (secondary N) is 1. The van der Waals surface area contributed by atoms with E-state index in [2.05, 4.69) is 5.32 Å². The Morgan fingerprint density at radius 2 is 2.00 bits per heavy atom. The Labute approximate surface area is 126 Å². The van der Waals surface area contributed by atoms with Gasteiger partial charge in [0.15, 0.2) is 0 Å². The lowest BCUT2D eigenvalue weighted by molar-refractivity contribution is -0.140. The number of hydrogen-bond acceptors (Lipinski definition) is 4. The van der Waals surface area contributed by atoms with Crippen molar-refractivity contribution >= 4 is 40.1 Å². The van der Waals surface area contributed by atoms with Crippen LogP contribution in [0.5, 0.6) is 0 Å². The highest BCUT2D eigenvalue weighted by molar-refractivity contribution is 7.99. The summed E-state index contributed by atoms with van der Waals surface area (Å²) in [6.07, 6.45) is 0. The van der Waals surface area contributed by atoms with Crippen LogP contribution in [-0.2, 0) is 9.59 Å². The van der Waals surface area contributed by atoms with Gasteiger partial charge in [-0.25, -0.2) is 4.79 Å². The van der Waals surface area contributed by atoms with Gasteiger partial charge in [-0.2, -0.15) is 0 Å². The molecule has 0 unspecified atom stereocenters. The Kier molecular flexibility index (Phi) is 4.70. The average Bonchev–Trinajstić information content (AvgIpc) is 2.45. The Bertz CT molecular complexity index is 688. The van der Waals surface area contributed by atoms with Gasteiger partial charge in [-0.1, -0.05) is 30.3 Å². The molecule has 6 heteroatoms. The van der Waals surface area contributed by atoms with Crippen molar-refractivity contribution in [1.82, 2.24) is 5.32 Å². The number of aliphatic carboxylic acids is 1. The first kappa shape index (κ1) is 15.2. The lowest BCUT2D eigenvalue weighted by Gasteiger charge is -2.14. The van der Waals surface area contributed by atoms with Crippen LogP contribution in [0.25, 0.3) is 10.8 Å². The molecule has 0 aliphatic heterocycles. The molecule has 0 radical (unpaired) electrons. The average molecular weight is 304 g/mol. The van der Waals surface area contributed by atoms with Crippen LogP contribution in [-0.4, -0.2) is 28.8 Å². The summed E-state index contributed by atoms with van der Waals surface area (Å²) in [5.74, 6) is -1.20. The lowest BCUT2D eigenvalue weighted by Crippen LogP contribution is -2.41. The van der Waals surface area contributed by atoms with Gasteiger partial charge in [0.2, 0.25) is 5.91 Å². The molecule has 0 heterocycles. The second kappa shape index (κ2) is 6.49. The summed E-state index contributed by atoms with van der Waals surface area (Å²) < 4.78 is 0. The quantitative estimate of drug-likeness (QED) is 0.581. The van der Waals surface area contributed by atoms with Gasteiger partial charge >= 0.3 is 5.97 Å². The molecule has 0 spiro atoms. The van der Waals surface area contributed by atoms with Crippen LogP contribution in [0.3, 0.4) is 0 Å². The van der Waals surface area contributed by atoms with Crippen molar-refractivity contribution in [1.29, 1.82) is 0 Å². The Balaban J connectivity index is 2.17. The molecule has 5 nitrogen and oxygen atoms in total. The zero-order chi connectivity index (χ0) is 15.4. The smallest absolute Gasteiger partial charge is 0.327 e. The van der Waals surface area contributed by atoms with Crippen molar-refractivity contribution in [2.24, 2.45) is 0 Å². The van der Waals surface area contributed by atoms with E-state index < -0.39 is 12.0 Å². The fourth-order valence-electron chi connectivity index (χ4n) is 1.99. The number of carbonyl (C=O) groups excluding carboxylic acids is 1. The molecular formula is C15H16N2O3S. The molecule has 0 aliphatic carbocycles. The molecule has 0 saturated heterocycles. The predicted octanol–water partition coefficient (Wildman–Crippen LogP) is 2.10. The fourth-order valence-corrected chi connectivity index (χ4v) is 3.00. The van der Waals surface area contributed by atoms with Crippen molar-refractivity contribution in [3.63, 3.8) is 0 Å². The lowest BCUT2D eigenvalue weighted by atomic mass is 10.1. The molecule has 21 heavy (non-hydrogen) atoms. The van der Waals surface area contributed by atoms with Crippen LogP contribution in [0, 0.1) is 0 Å². The molecule has 0 bridgehead atoms. The van der Waals surface area contributed by atoms with E-state index >= 15 is 0 Å². The minimum absolute atomic E-state index is 0.220. The number of hydrogen-bond donors (Lipinski definition) is 3. The van der Waals surface area contributed by atoms with Gasteiger partial charge in [0, 0.05) is 23.0 Å². The second-order valence-electron chi connectivity index (χ2n) is 4.60. The van der Waals surface area contributed by atoms with Crippen molar-refractivity contribution in [3.8, 4) is 0 Å². The van der Waals surface area contributed by atoms with E-state index in [1.807, 2.05) is 36.4 Å². The van der Waals surface area contributed by atoms with Gasteiger partial charge in [-0.15, -0.1) is 11.8 Å². The largest absolute Gasteiger partial charge is 0.480 e. The number of rotatable bonds is 5. The topological polar surface area (TPSA) is 92.4 Å². The minimum atomic E-state index is -1.06. The normalized spacial score (nSPS) is 12.0. The maximum atomic E-state index is 11.1. The molecular weight excluding hydrogens is 288 g/mol. The fraction of sp³-hybridized carbons (Fsp3) is 0.200. The number of fused-ring (bicyclic) bond motifs is 1. The zero-order valence-electron chi connectivity index (χ0n) is 11.5. The van der Waals surface area contributed by atoms with E-state index in [4.69, 9.17) is 10.8 Å². The first-order valence-corrected chi connectivity index (χ1v) is 7.37. The highest BCUT2D eigenvalue weighted by Crippen LogP contribution is 2.32. The summed E-state index contributed by atoms with van der Waals surface area (Å²) in [5.41, 5.74) is 6.76.